The van der Waals surface area contributed by atoms with Gasteiger partial charge in [-0.3, -0.25) is 4.79 Å². The summed E-state index contributed by atoms with van der Waals surface area (Å²) in [5, 5.41) is 2.97. The van der Waals surface area contributed by atoms with Crippen LogP contribution in [-0.2, 0) is 4.79 Å². The number of nitrogens with one attached hydrogen (secondary N) is 1. The highest BCUT2D eigenvalue weighted by Gasteiger charge is 2.15. The summed E-state index contributed by atoms with van der Waals surface area (Å²) < 4.78 is 5.75. The minimum Gasteiger partial charge on any atom is -0.481 e. The highest BCUT2D eigenvalue weighted by atomic mass is 16.5. The van der Waals surface area contributed by atoms with E-state index in [9.17, 15) is 4.79 Å². The molecule has 0 saturated carbocycles. The fraction of sp³-hybridized carbons (Fsp3) is 0.500. The van der Waals surface area contributed by atoms with Crippen LogP contribution >= 0.6 is 0 Å². The molecule has 0 spiro atoms. The van der Waals surface area contributed by atoms with E-state index in [-0.39, 0.29) is 5.91 Å². The van der Waals surface area contributed by atoms with Crippen molar-refractivity contribution in [1.29, 1.82) is 0 Å². The van der Waals surface area contributed by atoms with Gasteiger partial charge in [0.1, 0.15) is 5.75 Å². The average molecular weight is 287 g/mol. The van der Waals surface area contributed by atoms with Crippen LogP contribution in [0.3, 0.4) is 0 Å². The summed E-state index contributed by atoms with van der Waals surface area (Å²) in [6.45, 7) is 6.50. The van der Waals surface area contributed by atoms with Crippen molar-refractivity contribution in [2.45, 2.75) is 52.6 Å². The third-order valence-corrected chi connectivity index (χ3v) is 3.75. The van der Waals surface area contributed by atoms with Crippen LogP contribution in [0.25, 0.3) is 0 Å². The van der Waals surface area contributed by atoms with Crippen LogP contribution in [0.5, 0.6) is 5.75 Å². The number of rotatable bonds is 5. The molecule has 3 heteroatoms. The Morgan fingerprint density at radius 3 is 2.57 bits per heavy atom. The lowest BCUT2D eigenvalue weighted by molar-refractivity contribution is -0.127. The maximum atomic E-state index is 12.1. The molecule has 1 unspecified atom stereocenters. The summed E-state index contributed by atoms with van der Waals surface area (Å²) >= 11 is 0. The lowest BCUT2D eigenvalue weighted by atomic mass is 10.00. The van der Waals surface area contributed by atoms with Gasteiger partial charge < -0.3 is 10.1 Å². The van der Waals surface area contributed by atoms with E-state index in [1.807, 2.05) is 26.0 Å². The van der Waals surface area contributed by atoms with Crippen LogP contribution in [0.1, 0.15) is 43.7 Å². The fourth-order valence-electron chi connectivity index (χ4n) is 2.67. The molecule has 3 nitrogen and oxygen atoms in total. The van der Waals surface area contributed by atoms with Crippen LogP contribution in [0.4, 0.5) is 0 Å². The number of aryl methyl sites for hydroxylation is 2. The molecule has 1 aliphatic carbocycles. The Bertz CT molecular complexity index is 514. The molecule has 1 amide bonds. The van der Waals surface area contributed by atoms with Gasteiger partial charge >= 0.3 is 0 Å². The van der Waals surface area contributed by atoms with E-state index in [4.69, 9.17) is 4.74 Å². The zero-order chi connectivity index (χ0) is 15.2. The molecule has 0 fully saturated rings. The number of benzene rings is 1. The monoisotopic (exact) mass is 287 g/mol. The topological polar surface area (TPSA) is 38.3 Å². The van der Waals surface area contributed by atoms with E-state index in [2.05, 4.69) is 17.5 Å². The Labute approximate surface area is 127 Å². The average Bonchev–Trinajstić information content (AvgIpc) is 2.44. The third kappa shape index (κ3) is 4.92. The van der Waals surface area contributed by atoms with Gasteiger partial charge in [0.2, 0.25) is 0 Å². The van der Waals surface area contributed by atoms with E-state index in [0.29, 0.717) is 6.54 Å². The van der Waals surface area contributed by atoms with E-state index >= 15 is 0 Å². The SMILES string of the molecule is Cc1cc(C)cc(OC(C)C(=O)NCC2=CCCCC2)c1. The van der Waals surface area contributed by atoms with Gasteiger partial charge in [-0.2, -0.15) is 0 Å². The van der Waals surface area contributed by atoms with Gasteiger partial charge in [0.15, 0.2) is 6.10 Å². The number of allylic oxidation sites excluding steroid dienone is 1. The first-order valence-electron chi connectivity index (χ1n) is 7.75. The zero-order valence-electron chi connectivity index (χ0n) is 13.2. The Morgan fingerprint density at radius 2 is 1.95 bits per heavy atom. The molecule has 1 atom stereocenters. The normalized spacial score (nSPS) is 16.0. The smallest absolute Gasteiger partial charge is 0.261 e. The van der Waals surface area contributed by atoms with Crippen LogP contribution in [0, 0.1) is 13.8 Å². The van der Waals surface area contributed by atoms with E-state index < -0.39 is 6.10 Å². The maximum Gasteiger partial charge on any atom is 0.261 e. The predicted octanol–water partition coefficient (Wildman–Crippen LogP) is 3.69. The van der Waals surface area contributed by atoms with Crippen molar-refractivity contribution < 1.29 is 9.53 Å². The lowest BCUT2D eigenvalue weighted by Gasteiger charge is -2.17. The molecule has 1 aromatic carbocycles. The Morgan fingerprint density at radius 1 is 1.24 bits per heavy atom. The van der Waals surface area contributed by atoms with Gasteiger partial charge in [-0.25, -0.2) is 0 Å². The van der Waals surface area contributed by atoms with E-state index in [0.717, 1.165) is 29.7 Å². The molecule has 0 radical (unpaired) electrons. The second kappa shape index (κ2) is 7.30. The summed E-state index contributed by atoms with van der Waals surface area (Å²) in [5.74, 6) is 0.702. The number of carbonyl (C=O) groups is 1. The Kier molecular flexibility index (Phi) is 5.43. The Hall–Kier alpha value is -1.77. The molecular formula is C18H25NO2. The zero-order valence-corrected chi connectivity index (χ0v) is 13.2. The number of amides is 1. The summed E-state index contributed by atoms with van der Waals surface area (Å²) in [5.41, 5.74) is 3.63. The van der Waals surface area contributed by atoms with Crippen LogP contribution in [0.15, 0.2) is 29.8 Å². The molecule has 1 aromatic rings. The van der Waals surface area contributed by atoms with Crippen molar-refractivity contribution in [1.82, 2.24) is 5.32 Å². The van der Waals surface area contributed by atoms with Crippen molar-refractivity contribution in [3.8, 4) is 5.75 Å². The molecule has 1 N–H and O–H groups in total. The number of hydrogen-bond donors (Lipinski definition) is 1. The van der Waals surface area contributed by atoms with Gasteiger partial charge in [0.25, 0.3) is 5.91 Å². The number of ether oxygens (including phenoxy) is 1. The number of hydrogen-bond acceptors (Lipinski definition) is 2. The van der Waals surface area contributed by atoms with Gasteiger partial charge in [-0.05, 0) is 69.7 Å². The molecule has 21 heavy (non-hydrogen) atoms. The van der Waals surface area contributed by atoms with E-state index in [1.54, 1.807) is 6.92 Å². The first kappa shape index (κ1) is 15.6. The molecule has 1 aliphatic rings. The van der Waals surface area contributed by atoms with E-state index in [1.165, 1.54) is 18.4 Å². The third-order valence-electron chi connectivity index (χ3n) is 3.75. The van der Waals surface area contributed by atoms with Crippen molar-refractivity contribution in [2.24, 2.45) is 0 Å². The standard InChI is InChI=1S/C18H25NO2/c1-13-9-14(2)11-17(10-13)21-15(3)18(20)19-12-16-7-5-4-6-8-16/h7,9-11,15H,4-6,8,12H2,1-3H3,(H,19,20). The minimum absolute atomic E-state index is 0.0550. The van der Waals surface area contributed by atoms with Gasteiger partial charge in [-0.1, -0.05) is 17.7 Å². The van der Waals surface area contributed by atoms with Gasteiger partial charge in [0.05, 0.1) is 0 Å². The van der Waals surface area contributed by atoms with Crippen molar-refractivity contribution in [3.05, 3.63) is 41.0 Å². The lowest BCUT2D eigenvalue weighted by Crippen LogP contribution is -2.37. The maximum absolute atomic E-state index is 12.1. The van der Waals surface area contributed by atoms with Gasteiger partial charge in [0, 0.05) is 6.54 Å². The van der Waals surface area contributed by atoms with Crippen LogP contribution in [0.2, 0.25) is 0 Å². The molecule has 2 rings (SSSR count). The molecule has 0 saturated heterocycles. The second-order valence-electron chi connectivity index (χ2n) is 5.91. The summed E-state index contributed by atoms with van der Waals surface area (Å²) in [7, 11) is 0. The molecule has 0 heterocycles. The summed E-state index contributed by atoms with van der Waals surface area (Å²) in [6, 6.07) is 6.01. The first-order chi connectivity index (χ1) is 10.0. The molecular weight excluding hydrogens is 262 g/mol. The van der Waals surface area contributed by atoms with Crippen molar-refractivity contribution >= 4 is 5.91 Å². The quantitative estimate of drug-likeness (QED) is 0.839. The Balaban J connectivity index is 1.85. The van der Waals surface area contributed by atoms with Crippen LogP contribution < -0.4 is 10.1 Å². The number of carbonyl (C=O) groups excluding carboxylic acids is 1. The molecule has 114 valence electrons. The summed E-state index contributed by atoms with van der Waals surface area (Å²) in [4.78, 5) is 12.1. The van der Waals surface area contributed by atoms with Crippen molar-refractivity contribution in [2.75, 3.05) is 6.54 Å². The molecule has 0 aromatic heterocycles. The largest absolute Gasteiger partial charge is 0.481 e. The minimum atomic E-state index is -0.476. The van der Waals surface area contributed by atoms with Gasteiger partial charge in [-0.15, -0.1) is 0 Å². The molecule has 0 bridgehead atoms. The molecule has 0 aliphatic heterocycles. The predicted molar refractivity (Wildman–Crippen MR) is 85.6 cm³/mol. The first-order valence-corrected chi connectivity index (χ1v) is 7.75. The highest BCUT2D eigenvalue weighted by molar-refractivity contribution is 5.80. The fourth-order valence-corrected chi connectivity index (χ4v) is 2.67. The summed E-state index contributed by atoms with van der Waals surface area (Å²) in [6.07, 6.45) is 6.52. The van der Waals surface area contributed by atoms with Crippen LogP contribution in [-0.4, -0.2) is 18.6 Å². The highest BCUT2D eigenvalue weighted by Crippen LogP contribution is 2.18. The van der Waals surface area contributed by atoms with Crippen molar-refractivity contribution in [3.63, 3.8) is 0 Å². The second-order valence-corrected chi connectivity index (χ2v) is 5.91.